The Morgan fingerprint density at radius 3 is 2.32 bits per heavy atom. The molecule has 1 aliphatic carbocycles. The molecule has 2 aromatic carbocycles. The van der Waals surface area contributed by atoms with E-state index in [0.29, 0.717) is 5.56 Å². The van der Waals surface area contributed by atoms with Crippen LogP contribution in [0, 0.1) is 5.82 Å². The zero-order valence-electron chi connectivity index (χ0n) is 14.9. The van der Waals surface area contributed by atoms with Crippen LogP contribution in [-0.4, -0.2) is 26.6 Å². The van der Waals surface area contributed by atoms with E-state index in [-0.39, 0.29) is 28.7 Å². The van der Waals surface area contributed by atoms with Crippen molar-refractivity contribution in [2.75, 3.05) is 14.2 Å². The van der Waals surface area contributed by atoms with Crippen molar-refractivity contribution in [1.82, 2.24) is 0 Å². The molecule has 1 saturated carbocycles. The summed E-state index contributed by atoms with van der Waals surface area (Å²) in [6.07, 6.45) is -3.22. The number of carbonyl (C=O) groups is 1. The molecule has 0 amide bonds. The Bertz CT molecular complexity index is 891. The van der Waals surface area contributed by atoms with Crippen LogP contribution in [0.3, 0.4) is 0 Å². The molecule has 0 N–H and O–H groups in total. The van der Waals surface area contributed by atoms with Crippen molar-refractivity contribution in [2.24, 2.45) is 0 Å². The van der Waals surface area contributed by atoms with Crippen molar-refractivity contribution in [2.45, 2.75) is 25.1 Å². The molecular weight excluding hydrogens is 384 g/mol. The standard InChI is InChI=1S/C19H16F4O5/c1-25-17-7-11(28-19(21,22)23)5-6-15(17)27-16-9-12(10-3-4-10)14(20)8-13(16)18(24)26-2/h5-10H,3-4H2,1-2H3. The molecule has 0 bridgehead atoms. The van der Waals surface area contributed by atoms with E-state index < -0.39 is 23.9 Å². The number of esters is 1. The van der Waals surface area contributed by atoms with Gasteiger partial charge in [0.15, 0.2) is 11.5 Å². The Kier molecular flexibility index (Phi) is 5.35. The fourth-order valence-electron chi connectivity index (χ4n) is 2.68. The molecule has 9 heteroatoms. The van der Waals surface area contributed by atoms with E-state index in [0.717, 1.165) is 38.2 Å². The average molecular weight is 400 g/mol. The number of ether oxygens (including phenoxy) is 4. The van der Waals surface area contributed by atoms with Crippen molar-refractivity contribution in [3.63, 3.8) is 0 Å². The SMILES string of the molecule is COC(=O)c1cc(F)c(C2CC2)cc1Oc1ccc(OC(F)(F)F)cc1OC. The number of methoxy groups -OCH3 is 2. The molecule has 0 spiro atoms. The van der Waals surface area contributed by atoms with Gasteiger partial charge >= 0.3 is 12.3 Å². The molecule has 0 unspecified atom stereocenters. The van der Waals surface area contributed by atoms with E-state index in [1.54, 1.807) is 0 Å². The van der Waals surface area contributed by atoms with Crippen molar-refractivity contribution in [3.05, 3.63) is 47.3 Å². The normalized spacial score (nSPS) is 13.8. The second-order valence-electron chi connectivity index (χ2n) is 6.10. The van der Waals surface area contributed by atoms with Gasteiger partial charge < -0.3 is 18.9 Å². The summed E-state index contributed by atoms with van der Waals surface area (Å²) in [6, 6.07) is 5.66. The van der Waals surface area contributed by atoms with Gasteiger partial charge in [-0.3, -0.25) is 0 Å². The maximum absolute atomic E-state index is 14.3. The van der Waals surface area contributed by atoms with Crippen LogP contribution in [0.15, 0.2) is 30.3 Å². The van der Waals surface area contributed by atoms with Crippen LogP contribution in [0.25, 0.3) is 0 Å². The van der Waals surface area contributed by atoms with Crippen molar-refractivity contribution >= 4 is 5.97 Å². The van der Waals surface area contributed by atoms with E-state index in [4.69, 9.17) is 9.47 Å². The molecule has 3 rings (SSSR count). The van der Waals surface area contributed by atoms with Crippen LogP contribution in [0.5, 0.6) is 23.0 Å². The first-order valence-electron chi connectivity index (χ1n) is 8.25. The lowest BCUT2D eigenvalue weighted by molar-refractivity contribution is -0.274. The molecule has 1 aliphatic rings. The van der Waals surface area contributed by atoms with Crippen LogP contribution < -0.4 is 14.2 Å². The third-order valence-electron chi connectivity index (χ3n) is 4.11. The van der Waals surface area contributed by atoms with Gasteiger partial charge in [0.05, 0.1) is 14.2 Å². The summed E-state index contributed by atoms with van der Waals surface area (Å²) >= 11 is 0. The molecular formula is C19H16F4O5. The monoisotopic (exact) mass is 400 g/mol. The number of halogens is 4. The van der Waals surface area contributed by atoms with E-state index in [9.17, 15) is 22.4 Å². The summed E-state index contributed by atoms with van der Waals surface area (Å²) in [5.74, 6) is -1.84. The smallest absolute Gasteiger partial charge is 0.493 e. The highest BCUT2D eigenvalue weighted by molar-refractivity contribution is 5.92. The van der Waals surface area contributed by atoms with Crippen molar-refractivity contribution in [1.29, 1.82) is 0 Å². The Labute approximate surface area is 157 Å². The second kappa shape index (κ2) is 7.57. The van der Waals surface area contributed by atoms with Gasteiger partial charge in [0.2, 0.25) is 0 Å². The maximum Gasteiger partial charge on any atom is 0.573 e. The molecule has 1 fully saturated rings. The molecule has 5 nitrogen and oxygen atoms in total. The molecule has 0 heterocycles. The zero-order chi connectivity index (χ0) is 20.5. The average Bonchev–Trinajstić information content (AvgIpc) is 3.47. The zero-order valence-corrected chi connectivity index (χ0v) is 14.9. The Balaban J connectivity index is 1.98. The second-order valence-corrected chi connectivity index (χ2v) is 6.10. The van der Waals surface area contributed by atoms with Gasteiger partial charge in [-0.1, -0.05) is 0 Å². The summed E-state index contributed by atoms with van der Waals surface area (Å²) < 4.78 is 70.7. The highest BCUT2D eigenvalue weighted by atomic mass is 19.4. The third kappa shape index (κ3) is 4.47. The minimum atomic E-state index is -4.86. The van der Waals surface area contributed by atoms with Gasteiger partial charge in [-0.2, -0.15) is 0 Å². The number of carbonyl (C=O) groups excluding carboxylic acids is 1. The quantitative estimate of drug-likeness (QED) is 0.494. The van der Waals surface area contributed by atoms with Gasteiger partial charge in [-0.05, 0) is 48.6 Å². The Hall–Kier alpha value is -2.97. The number of alkyl halides is 3. The van der Waals surface area contributed by atoms with Gasteiger partial charge in [-0.15, -0.1) is 13.2 Å². The molecule has 0 atom stereocenters. The maximum atomic E-state index is 14.3. The first kappa shape index (κ1) is 19.8. The van der Waals surface area contributed by atoms with Gasteiger partial charge in [0.1, 0.15) is 22.9 Å². The fraction of sp³-hybridized carbons (Fsp3) is 0.316. The summed E-state index contributed by atoms with van der Waals surface area (Å²) in [5, 5.41) is 0. The summed E-state index contributed by atoms with van der Waals surface area (Å²) in [5.41, 5.74) is 0.251. The lowest BCUT2D eigenvalue weighted by Crippen LogP contribution is -2.17. The summed E-state index contributed by atoms with van der Waals surface area (Å²) in [7, 11) is 2.38. The molecule has 2 aromatic rings. The van der Waals surface area contributed by atoms with Crippen LogP contribution in [0.2, 0.25) is 0 Å². The van der Waals surface area contributed by atoms with E-state index in [2.05, 4.69) is 9.47 Å². The third-order valence-corrected chi connectivity index (χ3v) is 4.11. The van der Waals surface area contributed by atoms with Crippen LogP contribution in [-0.2, 0) is 4.74 Å². The van der Waals surface area contributed by atoms with Crippen molar-refractivity contribution < 1.29 is 41.3 Å². The van der Waals surface area contributed by atoms with Gasteiger partial charge in [0, 0.05) is 6.07 Å². The molecule has 0 aliphatic heterocycles. The number of benzene rings is 2. The molecule has 0 radical (unpaired) electrons. The van der Waals surface area contributed by atoms with Crippen LogP contribution in [0.4, 0.5) is 17.6 Å². The Morgan fingerprint density at radius 2 is 1.75 bits per heavy atom. The lowest BCUT2D eigenvalue weighted by Gasteiger charge is -2.16. The molecule has 0 saturated heterocycles. The van der Waals surface area contributed by atoms with Gasteiger partial charge in [-0.25, -0.2) is 9.18 Å². The molecule has 150 valence electrons. The van der Waals surface area contributed by atoms with E-state index in [1.807, 2.05) is 0 Å². The van der Waals surface area contributed by atoms with Crippen molar-refractivity contribution in [3.8, 4) is 23.0 Å². The van der Waals surface area contributed by atoms with E-state index in [1.165, 1.54) is 19.2 Å². The van der Waals surface area contributed by atoms with Crippen LogP contribution >= 0.6 is 0 Å². The number of rotatable bonds is 6. The van der Waals surface area contributed by atoms with Gasteiger partial charge in [0.25, 0.3) is 0 Å². The predicted molar refractivity (Wildman–Crippen MR) is 89.5 cm³/mol. The molecule has 0 aromatic heterocycles. The highest BCUT2D eigenvalue weighted by Crippen LogP contribution is 2.44. The summed E-state index contributed by atoms with van der Waals surface area (Å²) in [4.78, 5) is 12.0. The minimum Gasteiger partial charge on any atom is -0.493 e. The minimum absolute atomic E-state index is 0.0120. The van der Waals surface area contributed by atoms with Crippen LogP contribution in [0.1, 0.15) is 34.7 Å². The highest BCUT2D eigenvalue weighted by Gasteiger charge is 2.32. The first-order valence-corrected chi connectivity index (χ1v) is 8.25. The topological polar surface area (TPSA) is 54.0 Å². The number of hydrogen-bond donors (Lipinski definition) is 0. The lowest BCUT2D eigenvalue weighted by atomic mass is 10.1. The fourth-order valence-corrected chi connectivity index (χ4v) is 2.68. The Morgan fingerprint density at radius 1 is 1.04 bits per heavy atom. The number of hydrogen-bond acceptors (Lipinski definition) is 5. The predicted octanol–water partition coefficient (Wildman–Crippen LogP) is 5.19. The summed E-state index contributed by atoms with van der Waals surface area (Å²) in [6.45, 7) is 0. The molecule has 28 heavy (non-hydrogen) atoms. The first-order chi connectivity index (χ1) is 13.2. The van der Waals surface area contributed by atoms with E-state index >= 15 is 0 Å². The largest absolute Gasteiger partial charge is 0.573 e.